The zero-order chi connectivity index (χ0) is 14.8. The van der Waals surface area contributed by atoms with Crippen molar-refractivity contribution in [3.63, 3.8) is 0 Å². The third-order valence-electron chi connectivity index (χ3n) is 3.39. The molecule has 0 radical (unpaired) electrons. The van der Waals surface area contributed by atoms with Gasteiger partial charge >= 0.3 is 0 Å². The highest BCUT2D eigenvalue weighted by atomic mass is 16.5. The fourth-order valence-electron chi connectivity index (χ4n) is 2.20. The van der Waals surface area contributed by atoms with E-state index in [1.54, 1.807) is 0 Å². The molecule has 1 amide bonds. The number of morpholine rings is 1. The quantitative estimate of drug-likeness (QED) is 0.734. The summed E-state index contributed by atoms with van der Waals surface area (Å²) in [7, 11) is 0. The lowest BCUT2D eigenvalue weighted by molar-refractivity contribution is -0.135. The number of hydrogen-bond acceptors (Lipinski definition) is 4. The topological polar surface area (TPSA) is 50.8 Å². The zero-order valence-corrected chi connectivity index (χ0v) is 12.4. The molecule has 1 aliphatic rings. The molecule has 0 unspecified atom stereocenters. The fourth-order valence-corrected chi connectivity index (χ4v) is 2.20. The van der Waals surface area contributed by atoms with Gasteiger partial charge in [-0.05, 0) is 25.1 Å². The van der Waals surface area contributed by atoms with E-state index in [1.165, 1.54) is 0 Å². The van der Waals surface area contributed by atoms with Crippen LogP contribution in [0.15, 0.2) is 30.3 Å². The molecule has 1 heterocycles. The van der Waals surface area contributed by atoms with Crippen molar-refractivity contribution in [1.29, 1.82) is 0 Å². The summed E-state index contributed by atoms with van der Waals surface area (Å²) in [5, 5.41) is 3.28. The summed E-state index contributed by atoms with van der Waals surface area (Å²) >= 11 is 0. The standard InChI is InChI=1S/C16H24N2O3/c19-16(18-10-13-20-14-11-18)7-9-17-8-4-12-21-15-5-2-1-3-6-15/h1-3,5-6,17H,4,7-14H2. The highest BCUT2D eigenvalue weighted by Gasteiger charge is 2.15. The van der Waals surface area contributed by atoms with Crippen LogP contribution in [0.2, 0.25) is 0 Å². The van der Waals surface area contributed by atoms with Crippen LogP contribution in [-0.2, 0) is 9.53 Å². The first-order valence-corrected chi connectivity index (χ1v) is 7.60. The highest BCUT2D eigenvalue weighted by Crippen LogP contribution is 2.08. The second kappa shape index (κ2) is 9.37. The molecule has 1 aromatic rings. The molecule has 0 aliphatic carbocycles. The van der Waals surface area contributed by atoms with E-state index in [4.69, 9.17) is 9.47 Å². The smallest absolute Gasteiger partial charge is 0.224 e. The van der Waals surface area contributed by atoms with Gasteiger partial charge in [-0.15, -0.1) is 0 Å². The second-order valence-electron chi connectivity index (χ2n) is 5.01. The summed E-state index contributed by atoms with van der Waals surface area (Å²) in [5.74, 6) is 1.12. The Bertz CT molecular complexity index is 405. The number of nitrogens with zero attached hydrogens (tertiary/aromatic N) is 1. The Hall–Kier alpha value is -1.59. The van der Waals surface area contributed by atoms with Crippen LogP contribution in [0.3, 0.4) is 0 Å². The predicted molar refractivity (Wildman–Crippen MR) is 81.4 cm³/mol. The minimum Gasteiger partial charge on any atom is -0.494 e. The molecule has 1 N–H and O–H groups in total. The SMILES string of the molecule is O=C(CCNCCCOc1ccccc1)N1CCOCC1. The molecule has 1 aromatic carbocycles. The highest BCUT2D eigenvalue weighted by molar-refractivity contribution is 5.76. The summed E-state index contributed by atoms with van der Waals surface area (Å²) in [6.07, 6.45) is 1.49. The van der Waals surface area contributed by atoms with Gasteiger partial charge in [-0.25, -0.2) is 0 Å². The Balaban J connectivity index is 1.45. The molecule has 0 aromatic heterocycles. The molecular formula is C16H24N2O3. The maximum absolute atomic E-state index is 11.9. The molecule has 116 valence electrons. The van der Waals surface area contributed by atoms with Crippen molar-refractivity contribution in [2.75, 3.05) is 46.0 Å². The number of carbonyl (C=O) groups excluding carboxylic acids is 1. The molecule has 21 heavy (non-hydrogen) atoms. The summed E-state index contributed by atoms with van der Waals surface area (Å²) in [5.41, 5.74) is 0. The van der Waals surface area contributed by atoms with Crippen LogP contribution in [0.5, 0.6) is 5.75 Å². The minimum atomic E-state index is 0.214. The van der Waals surface area contributed by atoms with Gasteiger partial charge in [-0.1, -0.05) is 18.2 Å². The zero-order valence-electron chi connectivity index (χ0n) is 12.4. The Morgan fingerprint density at radius 3 is 2.71 bits per heavy atom. The van der Waals surface area contributed by atoms with Crippen LogP contribution in [-0.4, -0.2) is 56.8 Å². The number of rotatable bonds is 8. The molecular weight excluding hydrogens is 268 g/mol. The molecule has 1 aliphatic heterocycles. The molecule has 0 spiro atoms. The van der Waals surface area contributed by atoms with E-state index in [9.17, 15) is 4.79 Å². The van der Waals surface area contributed by atoms with Crippen LogP contribution in [0.4, 0.5) is 0 Å². The van der Waals surface area contributed by atoms with Crippen LogP contribution in [0.1, 0.15) is 12.8 Å². The predicted octanol–water partition coefficient (Wildman–Crippen LogP) is 1.29. The Morgan fingerprint density at radius 2 is 1.95 bits per heavy atom. The first-order chi connectivity index (χ1) is 10.4. The number of ether oxygens (including phenoxy) is 2. The number of amides is 1. The summed E-state index contributed by atoms with van der Waals surface area (Å²) < 4.78 is 10.8. The summed E-state index contributed by atoms with van der Waals surface area (Å²) in [4.78, 5) is 13.8. The monoisotopic (exact) mass is 292 g/mol. The third-order valence-corrected chi connectivity index (χ3v) is 3.39. The Morgan fingerprint density at radius 1 is 1.19 bits per heavy atom. The van der Waals surface area contributed by atoms with Crippen molar-refractivity contribution < 1.29 is 14.3 Å². The van der Waals surface area contributed by atoms with Gasteiger partial charge in [-0.2, -0.15) is 0 Å². The number of para-hydroxylation sites is 1. The van der Waals surface area contributed by atoms with E-state index in [1.807, 2.05) is 35.2 Å². The normalized spacial score (nSPS) is 15.0. The van der Waals surface area contributed by atoms with Crippen molar-refractivity contribution in [3.05, 3.63) is 30.3 Å². The Kier molecular flexibility index (Phi) is 7.04. The molecule has 0 atom stereocenters. The van der Waals surface area contributed by atoms with Crippen LogP contribution in [0.25, 0.3) is 0 Å². The van der Waals surface area contributed by atoms with Gasteiger partial charge in [-0.3, -0.25) is 4.79 Å². The fraction of sp³-hybridized carbons (Fsp3) is 0.562. The lowest BCUT2D eigenvalue weighted by Gasteiger charge is -2.26. The van der Waals surface area contributed by atoms with Gasteiger partial charge < -0.3 is 19.7 Å². The molecule has 0 bridgehead atoms. The lowest BCUT2D eigenvalue weighted by Crippen LogP contribution is -2.41. The summed E-state index contributed by atoms with van der Waals surface area (Å²) in [6, 6.07) is 9.80. The average Bonchev–Trinajstić information content (AvgIpc) is 2.55. The van der Waals surface area contributed by atoms with E-state index in [0.717, 1.165) is 38.3 Å². The van der Waals surface area contributed by atoms with Crippen LogP contribution < -0.4 is 10.1 Å². The van der Waals surface area contributed by atoms with Crippen LogP contribution in [0, 0.1) is 0 Å². The van der Waals surface area contributed by atoms with Crippen molar-refractivity contribution in [3.8, 4) is 5.75 Å². The lowest BCUT2D eigenvalue weighted by atomic mass is 10.3. The number of benzene rings is 1. The van der Waals surface area contributed by atoms with Crippen molar-refractivity contribution in [2.24, 2.45) is 0 Å². The molecule has 2 rings (SSSR count). The number of nitrogens with one attached hydrogen (secondary N) is 1. The van der Waals surface area contributed by atoms with Gasteiger partial charge in [0, 0.05) is 26.1 Å². The van der Waals surface area contributed by atoms with Crippen molar-refractivity contribution >= 4 is 5.91 Å². The van der Waals surface area contributed by atoms with Gasteiger partial charge in [0.15, 0.2) is 0 Å². The van der Waals surface area contributed by atoms with Gasteiger partial charge in [0.1, 0.15) is 5.75 Å². The van der Waals surface area contributed by atoms with E-state index >= 15 is 0 Å². The van der Waals surface area contributed by atoms with E-state index in [0.29, 0.717) is 26.2 Å². The van der Waals surface area contributed by atoms with E-state index in [-0.39, 0.29) is 5.91 Å². The Labute approximate surface area is 126 Å². The minimum absolute atomic E-state index is 0.214. The average molecular weight is 292 g/mol. The van der Waals surface area contributed by atoms with Gasteiger partial charge in [0.05, 0.1) is 19.8 Å². The largest absolute Gasteiger partial charge is 0.494 e. The maximum Gasteiger partial charge on any atom is 0.224 e. The van der Waals surface area contributed by atoms with Gasteiger partial charge in [0.25, 0.3) is 0 Å². The van der Waals surface area contributed by atoms with E-state index in [2.05, 4.69) is 5.32 Å². The number of carbonyl (C=O) groups is 1. The van der Waals surface area contributed by atoms with Crippen molar-refractivity contribution in [2.45, 2.75) is 12.8 Å². The first kappa shape index (κ1) is 15.8. The molecule has 5 nitrogen and oxygen atoms in total. The van der Waals surface area contributed by atoms with Crippen LogP contribution >= 0.6 is 0 Å². The van der Waals surface area contributed by atoms with Gasteiger partial charge in [0.2, 0.25) is 5.91 Å². The van der Waals surface area contributed by atoms with Crippen molar-refractivity contribution in [1.82, 2.24) is 10.2 Å². The molecule has 0 saturated carbocycles. The summed E-state index contributed by atoms with van der Waals surface area (Å²) in [6.45, 7) is 5.05. The maximum atomic E-state index is 11.9. The molecule has 1 fully saturated rings. The molecule has 1 saturated heterocycles. The first-order valence-electron chi connectivity index (χ1n) is 7.60. The van der Waals surface area contributed by atoms with E-state index < -0.39 is 0 Å². The molecule has 5 heteroatoms. The third kappa shape index (κ3) is 6.14. The second-order valence-corrected chi connectivity index (χ2v) is 5.01. The number of hydrogen-bond donors (Lipinski definition) is 1.